The van der Waals surface area contributed by atoms with E-state index < -0.39 is 0 Å². The lowest BCUT2D eigenvalue weighted by molar-refractivity contribution is 0.592. The third-order valence-electron chi connectivity index (χ3n) is 2.87. The average Bonchev–Trinajstić information content (AvgIpc) is 2.79. The predicted molar refractivity (Wildman–Crippen MR) is 78.9 cm³/mol. The number of thioether (sulfide) groups is 1. The minimum absolute atomic E-state index is 0.442. The number of nitrogens with two attached hydrogens (primary N) is 1. The maximum atomic E-state index is 5.69. The van der Waals surface area contributed by atoms with Crippen molar-refractivity contribution in [3.8, 4) is 0 Å². The Labute approximate surface area is 118 Å². The van der Waals surface area contributed by atoms with Crippen molar-refractivity contribution in [2.24, 2.45) is 5.73 Å². The van der Waals surface area contributed by atoms with Gasteiger partial charge >= 0.3 is 0 Å². The van der Waals surface area contributed by atoms with Crippen LogP contribution in [0.15, 0.2) is 29.4 Å². The van der Waals surface area contributed by atoms with Crippen molar-refractivity contribution in [2.75, 3.05) is 0 Å². The van der Waals surface area contributed by atoms with Gasteiger partial charge in [-0.25, -0.2) is 0 Å². The molecule has 0 aliphatic rings. The molecule has 102 valence electrons. The molecule has 1 aromatic carbocycles. The second-order valence-corrected chi connectivity index (χ2v) is 5.47. The number of rotatable bonds is 6. The van der Waals surface area contributed by atoms with Crippen LogP contribution in [0.25, 0.3) is 0 Å². The van der Waals surface area contributed by atoms with Gasteiger partial charge in [0.2, 0.25) is 0 Å². The van der Waals surface area contributed by atoms with E-state index in [1.54, 1.807) is 11.8 Å². The Morgan fingerprint density at radius 1 is 1.32 bits per heavy atom. The number of hydrogen-bond donors (Lipinski definition) is 1. The highest BCUT2D eigenvalue weighted by molar-refractivity contribution is 7.98. The van der Waals surface area contributed by atoms with Crippen molar-refractivity contribution < 1.29 is 0 Å². The molecule has 0 spiro atoms. The van der Waals surface area contributed by atoms with Gasteiger partial charge in [-0.15, -0.1) is 10.2 Å². The van der Waals surface area contributed by atoms with Crippen LogP contribution in [0, 0.1) is 6.92 Å². The number of aromatic nitrogens is 3. The quantitative estimate of drug-likeness (QED) is 0.824. The van der Waals surface area contributed by atoms with Gasteiger partial charge in [0.1, 0.15) is 5.82 Å². The number of aryl methyl sites for hydroxylation is 1. The van der Waals surface area contributed by atoms with E-state index in [9.17, 15) is 0 Å². The lowest BCUT2D eigenvalue weighted by Gasteiger charge is -2.07. The molecule has 1 heterocycles. The first kappa shape index (κ1) is 14.1. The zero-order valence-corrected chi connectivity index (χ0v) is 12.3. The van der Waals surface area contributed by atoms with Gasteiger partial charge in [0, 0.05) is 12.3 Å². The topological polar surface area (TPSA) is 56.7 Å². The first-order valence-corrected chi connectivity index (χ1v) is 7.53. The monoisotopic (exact) mass is 276 g/mol. The summed E-state index contributed by atoms with van der Waals surface area (Å²) >= 11 is 1.72. The first-order chi connectivity index (χ1) is 9.24. The molecule has 0 bridgehead atoms. The Kier molecular flexibility index (Phi) is 4.99. The van der Waals surface area contributed by atoms with Gasteiger partial charge in [0.05, 0.1) is 6.54 Å². The van der Waals surface area contributed by atoms with Crippen LogP contribution in [0.1, 0.15) is 30.3 Å². The molecule has 0 saturated heterocycles. The summed E-state index contributed by atoms with van der Waals surface area (Å²) in [7, 11) is 0. The molecule has 2 rings (SSSR count). The van der Waals surface area contributed by atoms with Crippen LogP contribution in [-0.4, -0.2) is 14.8 Å². The molecule has 2 aromatic rings. The van der Waals surface area contributed by atoms with Gasteiger partial charge in [-0.1, -0.05) is 48.5 Å². The molecule has 0 amide bonds. The molecule has 0 atom stereocenters. The molecular weight excluding hydrogens is 256 g/mol. The standard InChI is InChI=1S/C14H20N4S/c1-3-7-18-13(9-15)16-17-14(18)19-10-12-6-4-5-11(2)8-12/h4-6,8H,3,7,9-10,15H2,1-2H3. The van der Waals surface area contributed by atoms with E-state index in [0.717, 1.165) is 29.7 Å². The highest BCUT2D eigenvalue weighted by Gasteiger charge is 2.10. The fourth-order valence-corrected chi connectivity index (χ4v) is 2.90. The van der Waals surface area contributed by atoms with Crippen LogP contribution >= 0.6 is 11.8 Å². The summed E-state index contributed by atoms with van der Waals surface area (Å²) in [6.07, 6.45) is 1.06. The molecule has 0 aliphatic heterocycles. The number of hydrogen-bond acceptors (Lipinski definition) is 4. The highest BCUT2D eigenvalue weighted by Crippen LogP contribution is 2.22. The molecule has 0 aliphatic carbocycles. The summed E-state index contributed by atoms with van der Waals surface area (Å²) in [5.74, 6) is 1.78. The summed E-state index contributed by atoms with van der Waals surface area (Å²) in [4.78, 5) is 0. The van der Waals surface area contributed by atoms with Gasteiger partial charge in [-0.2, -0.15) is 0 Å². The van der Waals surface area contributed by atoms with E-state index in [4.69, 9.17) is 5.73 Å². The van der Waals surface area contributed by atoms with E-state index in [0.29, 0.717) is 6.54 Å². The lowest BCUT2D eigenvalue weighted by Crippen LogP contribution is -2.09. The van der Waals surface area contributed by atoms with Crippen molar-refractivity contribution in [3.05, 3.63) is 41.2 Å². The van der Waals surface area contributed by atoms with Crippen LogP contribution in [0.3, 0.4) is 0 Å². The second-order valence-electron chi connectivity index (χ2n) is 4.53. The third-order valence-corrected chi connectivity index (χ3v) is 3.91. The number of benzene rings is 1. The van der Waals surface area contributed by atoms with Crippen molar-refractivity contribution in [2.45, 2.75) is 44.3 Å². The van der Waals surface area contributed by atoms with Crippen LogP contribution in [0.2, 0.25) is 0 Å². The van der Waals surface area contributed by atoms with E-state index in [-0.39, 0.29) is 0 Å². The van der Waals surface area contributed by atoms with Crippen molar-refractivity contribution in [1.82, 2.24) is 14.8 Å². The van der Waals surface area contributed by atoms with Crippen molar-refractivity contribution in [3.63, 3.8) is 0 Å². The zero-order chi connectivity index (χ0) is 13.7. The fourth-order valence-electron chi connectivity index (χ4n) is 1.97. The maximum Gasteiger partial charge on any atom is 0.191 e. The summed E-state index contributed by atoms with van der Waals surface area (Å²) < 4.78 is 2.13. The molecule has 0 radical (unpaired) electrons. The van der Waals surface area contributed by atoms with Crippen molar-refractivity contribution in [1.29, 1.82) is 0 Å². The van der Waals surface area contributed by atoms with Crippen LogP contribution in [0.5, 0.6) is 0 Å². The zero-order valence-electron chi connectivity index (χ0n) is 11.5. The number of nitrogens with zero attached hydrogens (tertiary/aromatic N) is 3. The Balaban J connectivity index is 2.08. The summed E-state index contributed by atoms with van der Waals surface area (Å²) in [5, 5.41) is 9.35. The molecule has 0 unspecified atom stereocenters. The van der Waals surface area contributed by atoms with Crippen LogP contribution in [-0.2, 0) is 18.8 Å². The van der Waals surface area contributed by atoms with Gasteiger partial charge in [0.15, 0.2) is 5.16 Å². The van der Waals surface area contributed by atoms with Gasteiger partial charge in [-0.05, 0) is 18.9 Å². The van der Waals surface area contributed by atoms with Gasteiger partial charge < -0.3 is 10.3 Å². The normalized spacial score (nSPS) is 10.9. The molecule has 19 heavy (non-hydrogen) atoms. The molecule has 2 N–H and O–H groups in total. The Morgan fingerprint density at radius 3 is 2.84 bits per heavy atom. The van der Waals surface area contributed by atoms with Crippen LogP contribution in [0.4, 0.5) is 0 Å². The molecule has 4 nitrogen and oxygen atoms in total. The Bertz CT molecular complexity index is 536. The maximum absolute atomic E-state index is 5.69. The molecule has 1 aromatic heterocycles. The van der Waals surface area contributed by atoms with E-state index in [1.165, 1.54) is 11.1 Å². The Hall–Kier alpha value is -1.33. The SMILES string of the molecule is CCCn1c(CN)nnc1SCc1cccc(C)c1. The van der Waals surface area contributed by atoms with Crippen molar-refractivity contribution >= 4 is 11.8 Å². The van der Waals surface area contributed by atoms with E-state index >= 15 is 0 Å². The smallest absolute Gasteiger partial charge is 0.191 e. The first-order valence-electron chi connectivity index (χ1n) is 6.55. The highest BCUT2D eigenvalue weighted by atomic mass is 32.2. The van der Waals surface area contributed by atoms with E-state index in [2.05, 4.69) is 52.9 Å². The molecule has 0 saturated carbocycles. The van der Waals surface area contributed by atoms with E-state index in [1.807, 2.05) is 0 Å². The third kappa shape index (κ3) is 3.58. The minimum atomic E-state index is 0.442. The summed E-state index contributed by atoms with van der Waals surface area (Å²) in [6.45, 7) is 5.63. The second kappa shape index (κ2) is 6.73. The minimum Gasteiger partial charge on any atom is -0.324 e. The average molecular weight is 276 g/mol. The largest absolute Gasteiger partial charge is 0.324 e. The van der Waals surface area contributed by atoms with Crippen LogP contribution < -0.4 is 5.73 Å². The molecule has 0 fully saturated rings. The Morgan fingerprint density at radius 2 is 2.16 bits per heavy atom. The predicted octanol–water partition coefficient (Wildman–Crippen LogP) is 2.75. The van der Waals surface area contributed by atoms with Gasteiger partial charge in [-0.3, -0.25) is 0 Å². The summed E-state index contributed by atoms with van der Waals surface area (Å²) in [6, 6.07) is 8.55. The fraction of sp³-hybridized carbons (Fsp3) is 0.429. The summed E-state index contributed by atoms with van der Waals surface area (Å²) in [5.41, 5.74) is 8.29. The lowest BCUT2D eigenvalue weighted by atomic mass is 10.2. The molecular formula is C14H20N4S. The van der Waals surface area contributed by atoms with Gasteiger partial charge in [0.25, 0.3) is 0 Å². The molecule has 5 heteroatoms.